The van der Waals surface area contributed by atoms with Crippen molar-refractivity contribution in [1.82, 2.24) is 15.5 Å². The minimum Gasteiger partial charge on any atom is -0.343 e. The number of nitrogens with one attached hydrogen (secondary N) is 1. The highest BCUT2D eigenvalue weighted by Crippen LogP contribution is 2.22. The molecule has 1 aromatic heterocycles. The van der Waals surface area contributed by atoms with Crippen LogP contribution in [-0.2, 0) is 12.3 Å². The van der Waals surface area contributed by atoms with Crippen molar-refractivity contribution in [3.05, 3.63) is 101 Å². The molecule has 4 aromatic rings. The number of carbonyl (C=O) groups excluding carboxylic acids is 1. The van der Waals surface area contributed by atoms with Gasteiger partial charge in [-0.25, -0.2) is 0 Å². The third-order valence-corrected chi connectivity index (χ3v) is 5.59. The normalized spacial score (nSPS) is 10.7. The van der Waals surface area contributed by atoms with E-state index in [2.05, 4.69) is 27.6 Å². The molecule has 3 aromatic carbocycles. The summed E-state index contributed by atoms with van der Waals surface area (Å²) in [7, 11) is 0. The summed E-state index contributed by atoms with van der Waals surface area (Å²) in [5, 5.41) is 6.82. The largest absolute Gasteiger partial charge is 0.343 e. The molecule has 0 spiro atoms. The summed E-state index contributed by atoms with van der Waals surface area (Å²) < 4.78 is 5.26. The molecular formula is C24H21N3O2S. The molecule has 0 unspecified atom stereocenters. The van der Waals surface area contributed by atoms with Gasteiger partial charge in [-0.2, -0.15) is 4.98 Å². The fourth-order valence-electron chi connectivity index (χ4n) is 2.92. The highest BCUT2D eigenvalue weighted by Gasteiger charge is 2.11. The summed E-state index contributed by atoms with van der Waals surface area (Å²) in [5.74, 6) is 1.57. The van der Waals surface area contributed by atoms with E-state index in [1.54, 1.807) is 11.8 Å². The standard InChI is InChI=1S/C24H21N3O2S/c1-17-6-5-7-20(14-17)23-26-22(29-27-23)15-25-24(28)19-12-10-18(11-13-19)16-30-21-8-3-2-4-9-21/h2-14H,15-16H2,1H3,(H,25,28). The van der Waals surface area contributed by atoms with Gasteiger partial charge >= 0.3 is 0 Å². The monoisotopic (exact) mass is 415 g/mol. The molecule has 0 saturated heterocycles. The van der Waals surface area contributed by atoms with Crippen LogP contribution in [0.1, 0.15) is 27.4 Å². The fraction of sp³-hybridized carbons (Fsp3) is 0.125. The van der Waals surface area contributed by atoms with Crippen molar-refractivity contribution < 1.29 is 9.32 Å². The Morgan fingerprint density at radius 1 is 1.00 bits per heavy atom. The van der Waals surface area contributed by atoms with Crippen LogP contribution in [0.15, 0.2) is 88.3 Å². The van der Waals surface area contributed by atoms with Crippen LogP contribution in [0.3, 0.4) is 0 Å². The molecule has 0 saturated carbocycles. The van der Waals surface area contributed by atoms with Gasteiger partial charge in [-0.1, -0.05) is 59.3 Å². The SMILES string of the molecule is Cc1cccc(-c2noc(CNC(=O)c3ccc(CSc4ccccc4)cc3)n2)c1. The maximum atomic E-state index is 12.4. The van der Waals surface area contributed by atoms with Crippen molar-refractivity contribution in [3.63, 3.8) is 0 Å². The zero-order valence-corrected chi connectivity index (χ0v) is 17.4. The molecule has 6 heteroatoms. The highest BCUT2D eigenvalue weighted by atomic mass is 32.2. The summed E-state index contributed by atoms with van der Waals surface area (Å²) in [6.07, 6.45) is 0. The number of aryl methyl sites for hydroxylation is 1. The van der Waals surface area contributed by atoms with Crippen molar-refractivity contribution in [1.29, 1.82) is 0 Å². The number of thioether (sulfide) groups is 1. The summed E-state index contributed by atoms with van der Waals surface area (Å²) >= 11 is 1.77. The molecular weight excluding hydrogens is 394 g/mol. The first-order valence-corrected chi connectivity index (χ1v) is 10.6. The number of aromatic nitrogens is 2. The number of rotatable bonds is 7. The van der Waals surface area contributed by atoms with Crippen LogP contribution in [0.5, 0.6) is 0 Å². The van der Waals surface area contributed by atoms with Crippen LogP contribution >= 0.6 is 11.8 Å². The van der Waals surface area contributed by atoms with Crippen molar-refractivity contribution >= 4 is 17.7 Å². The lowest BCUT2D eigenvalue weighted by molar-refractivity contribution is 0.0946. The fourth-order valence-corrected chi connectivity index (χ4v) is 3.80. The Morgan fingerprint density at radius 3 is 2.57 bits per heavy atom. The molecule has 1 N–H and O–H groups in total. The molecule has 5 nitrogen and oxygen atoms in total. The van der Waals surface area contributed by atoms with Gasteiger partial charge in [0.25, 0.3) is 5.91 Å². The summed E-state index contributed by atoms with van der Waals surface area (Å²) in [6, 6.07) is 25.8. The molecule has 0 radical (unpaired) electrons. The van der Waals surface area contributed by atoms with Crippen LogP contribution in [0.25, 0.3) is 11.4 Å². The molecule has 30 heavy (non-hydrogen) atoms. The van der Waals surface area contributed by atoms with E-state index in [9.17, 15) is 4.79 Å². The number of nitrogens with zero attached hydrogens (tertiary/aromatic N) is 2. The maximum absolute atomic E-state index is 12.4. The van der Waals surface area contributed by atoms with Gasteiger partial charge in [0.1, 0.15) is 0 Å². The van der Waals surface area contributed by atoms with Crippen LogP contribution < -0.4 is 5.32 Å². The van der Waals surface area contributed by atoms with Gasteiger partial charge in [0.2, 0.25) is 11.7 Å². The second kappa shape index (κ2) is 9.41. The lowest BCUT2D eigenvalue weighted by Crippen LogP contribution is -2.22. The van der Waals surface area contributed by atoms with Crippen LogP contribution in [0.2, 0.25) is 0 Å². The van der Waals surface area contributed by atoms with Crippen molar-refractivity contribution in [2.75, 3.05) is 0 Å². The quantitative estimate of drug-likeness (QED) is 0.417. The van der Waals surface area contributed by atoms with E-state index in [1.165, 1.54) is 10.5 Å². The first-order chi connectivity index (χ1) is 14.7. The van der Waals surface area contributed by atoms with Crippen LogP contribution in [0.4, 0.5) is 0 Å². The Bertz CT molecular complexity index is 1120. The van der Waals surface area contributed by atoms with Crippen LogP contribution in [-0.4, -0.2) is 16.0 Å². The van der Waals surface area contributed by atoms with E-state index >= 15 is 0 Å². The summed E-state index contributed by atoms with van der Waals surface area (Å²) in [4.78, 5) is 18.0. The molecule has 0 aliphatic rings. The van der Waals surface area contributed by atoms with Crippen molar-refractivity contribution in [2.24, 2.45) is 0 Å². The topological polar surface area (TPSA) is 68.0 Å². The average molecular weight is 416 g/mol. The first kappa shape index (κ1) is 19.9. The Hall–Kier alpha value is -3.38. The van der Waals surface area contributed by atoms with Gasteiger partial charge in [-0.05, 0) is 42.8 Å². The van der Waals surface area contributed by atoms with Gasteiger partial charge in [-0.15, -0.1) is 11.8 Å². The van der Waals surface area contributed by atoms with E-state index in [-0.39, 0.29) is 12.5 Å². The van der Waals surface area contributed by atoms with Gasteiger partial charge in [0.05, 0.1) is 6.54 Å². The maximum Gasteiger partial charge on any atom is 0.251 e. The van der Waals surface area contributed by atoms with Crippen molar-refractivity contribution in [3.8, 4) is 11.4 Å². The smallest absolute Gasteiger partial charge is 0.251 e. The Balaban J connectivity index is 1.31. The number of benzene rings is 3. The molecule has 150 valence electrons. The molecule has 4 rings (SSSR count). The Labute approximate surface area is 179 Å². The molecule has 1 amide bonds. The highest BCUT2D eigenvalue weighted by molar-refractivity contribution is 7.98. The van der Waals surface area contributed by atoms with Gasteiger partial charge in [0, 0.05) is 21.8 Å². The second-order valence-electron chi connectivity index (χ2n) is 6.86. The van der Waals surface area contributed by atoms with E-state index in [0.29, 0.717) is 17.3 Å². The predicted octanol–water partition coefficient (Wildman–Crippen LogP) is 5.27. The van der Waals surface area contributed by atoms with E-state index in [0.717, 1.165) is 16.9 Å². The number of hydrogen-bond acceptors (Lipinski definition) is 5. The van der Waals surface area contributed by atoms with E-state index < -0.39 is 0 Å². The van der Waals surface area contributed by atoms with Crippen molar-refractivity contribution in [2.45, 2.75) is 24.1 Å². The first-order valence-electron chi connectivity index (χ1n) is 9.62. The van der Waals surface area contributed by atoms with E-state index in [1.807, 2.05) is 73.7 Å². The summed E-state index contributed by atoms with van der Waals surface area (Å²) in [5.41, 5.74) is 3.78. The molecule has 0 atom stereocenters. The van der Waals surface area contributed by atoms with Gasteiger partial charge < -0.3 is 9.84 Å². The zero-order valence-electron chi connectivity index (χ0n) is 16.5. The molecule has 0 aliphatic carbocycles. The third-order valence-electron chi connectivity index (χ3n) is 4.51. The average Bonchev–Trinajstić information content (AvgIpc) is 3.26. The van der Waals surface area contributed by atoms with Gasteiger partial charge in [-0.3, -0.25) is 4.79 Å². The second-order valence-corrected chi connectivity index (χ2v) is 7.91. The third kappa shape index (κ3) is 5.15. The lowest BCUT2D eigenvalue weighted by Gasteiger charge is -2.05. The Morgan fingerprint density at radius 2 is 1.80 bits per heavy atom. The van der Waals surface area contributed by atoms with Crippen LogP contribution in [0, 0.1) is 6.92 Å². The van der Waals surface area contributed by atoms with E-state index in [4.69, 9.17) is 4.52 Å². The number of carbonyl (C=O) groups is 1. The molecule has 0 aliphatic heterocycles. The molecule has 0 fully saturated rings. The predicted molar refractivity (Wildman–Crippen MR) is 118 cm³/mol. The Kier molecular flexibility index (Phi) is 6.25. The number of amides is 1. The zero-order chi connectivity index (χ0) is 20.8. The van der Waals surface area contributed by atoms with Gasteiger partial charge in [0.15, 0.2) is 0 Å². The minimum atomic E-state index is -0.174. The lowest BCUT2D eigenvalue weighted by atomic mass is 10.1. The minimum absolute atomic E-state index is 0.174. The summed E-state index contributed by atoms with van der Waals surface area (Å²) in [6.45, 7) is 2.19. The molecule has 0 bridgehead atoms. The number of hydrogen-bond donors (Lipinski definition) is 1. The molecule has 1 heterocycles.